The molecule has 29 heavy (non-hydrogen) atoms. The second-order valence-electron chi connectivity index (χ2n) is 10.1. The summed E-state index contributed by atoms with van der Waals surface area (Å²) in [6, 6.07) is 0. The summed E-state index contributed by atoms with van der Waals surface area (Å²) in [5.74, 6) is -4.03. The third kappa shape index (κ3) is 31.7. The van der Waals surface area contributed by atoms with E-state index in [2.05, 4.69) is 0 Å². The minimum atomic E-state index is -1.01. The van der Waals surface area contributed by atoms with Crippen molar-refractivity contribution >= 4 is 23.9 Å². The molecule has 0 rings (SSSR count). The van der Waals surface area contributed by atoms with Crippen LogP contribution in [0.1, 0.15) is 83.1 Å². The molecule has 0 aliphatic rings. The topological polar surface area (TPSA) is 161 Å². The normalized spacial score (nSPS) is 10.9. The van der Waals surface area contributed by atoms with Crippen molar-refractivity contribution in [3.05, 3.63) is 0 Å². The molecular formula is C20H36O8Zr. The van der Waals surface area contributed by atoms with Crippen LogP contribution in [0.5, 0.6) is 0 Å². The number of carboxylic acid groups (broad SMARTS) is 4. The van der Waals surface area contributed by atoms with Gasteiger partial charge in [-0.05, 0) is 0 Å². The monoisotopic (exact) mass is 494 g/mol. The summed E-state index contributed by atoms with van der Waals surface area (Å²) < 4.78 is 0. The molecule has 9 heteroatoms. The first-order chi connectivity index (χ1) is 11.8. The average Bonchev–Trinajstić information content (AvgIpc) is 2.35. The van der Waals surface area contributed by atoms with E-state index in [1.807, 2.05) is 0 Å². The molecule has 0 aromatic rings. The molecular weight excluding hydrogens is 459 g/mol. The maximum absolute atomic E-state index is 9.91. The first kappa shape index (κ1) is 38.4. The Kier molecular flexibility index (Phi) is 19.5. The van der Waals surface area contributed by atoms with Crippen LogP contribution in [-0.4, -0.2) is 23.9 Å². The smallest absolute Gasteiger partial charge is 0.550 e. The van der Waals surface area contributed by atoms with E-state index in [1.165, 1.54) is 0 Å². The van der Waals surface area contributed by atoms with Gasteiger partial charge >= 0.3 is 26.2 Å². The molecule has 0 aromatic heterocycles. The van der Waals surface area contributed by atoms with Crippen LogP contribution in [0, 0.1) is 21.7 Å². The molecule has 168 valence electrons. The van der Waals surface area contributed by atoms with Gasteiger partial charge in [0.05, 0.1) is 0 Å². The summed E-state index contributed by atoms with van der Waals surface area (Å²) in [5, 5.41) is 39.6. The third-order valence-electron chi connectivity index (χ3n) is 2.45. The Morgan fingerprint density at radius 3 is 0.414 bits per heavy atom. The Labute approximate surface area is 194 Å². The summed E-state index contributed by atoms with van der Waals surface area (Å²) >= 11 is 0. The van der Waals surface area contributed by atoms with Crippen LogP contribution < -0.4 is 20.4 Å². The van der Waals surface area contributed by atoms with E-state index < -0.39 is 45.5 Å². The molecule has 8 nitrogen and oxygen atoms in total. The van der Waals surface area contributed by atoms with Crippen molar-refractivity contribution in [3.8, 4) is 0 Å². The molecule has 0 aliphatic heterocycles. The van der Waals surface area contributed by atoms with Gasteiger partial charge in [-0.3, -0.25) is 0 Å². The van der Waals surface area contributed by atoms with Crippen LogP contribution in [0.25, 0.3) is 0 Å². The van der Waals surface area contributed by atoms with Gasteiger partial charge in [-0.25, -0.2) is 0 Å². The van der Waals surface area contributed by atoms with Crippen LogP contribution in [0.3, 0.4) is 0 Å². The quantitative estimate of drug-likeness (QED) is 0.419. The summed E-state index contributed by atoms with van der Waals surface area (Å²) in [6.45, 7) is 19.2. The van der Waals surface area contributed by atoms with Crippen molar-refractivity contribution in [2.75, 3.05) is 0 Å². The number of rotatable bonds is 0. The Hall–Kier alpha value is -1.24. The number of hydrogen-bond acceptors (Lipinski definition) is 8. The molecule has 0 saturated heterocycles. The second kappa shape index (κ2) is 14.7. The molecule has 0 unspecified atom stereocenters. The van der Waals surface area contributed by atoms with E-state index in [0.29, 0.717) is 0 Å². The van der Waals surface area contributed by atoms with E-state index in [1.54, 1.807) is 83.1 Å². The van der Waals surface area contributed by atoms with Crippen molar-refractivity contribution < 1.29 is 65.8 Å². The zero-order valence-electron chi connectivity index (χ0n) is 19.8. The van der Waals surface area contributed by atoms with E-state index in [4.69, 9.17) is 0 Å². The Morgan fingerprint density at radius 1 is 0.379 bits per heavy atom. The molecule has 0 radical (unpaired) electrons. The summed E-state index contributed by atoms with van der Waals surface area (Å²) in [4.78, 5) is 39.6. The van der Waals surface area contributed by atoms with Gasteiger partial charge in [0.1, 0.15) is 0 Å². The third-order valence-corrected chi connectivity index (χ3v) is 2.45. The Morgan fingerprint density at radius 2 is 0.414 bits per heavy atom. The second-order valence-corrected chi connectivity index (χ2v) is 10.1. The van der Waals surface area contributed by atoms with Crippen LogP contribution >= 0.6 is 0 Å². The van der Waals surface area contributed by atoms with Crippen LogP contribution in [0.4, 0.5) is 0 Å². The molecule has 0 bridgehead atoms. The fourth-order valence-electron chi connectivity index (χ4n) is 0. The van der Waals surface area contributed by atoms with Gasteiger partial charge < -0.3 is 39.6 Å². The molecule has 0 spiro atoms. The summed E-state index contributed by atoms with van der Waals surface area (Å²) in [5.41, 5.74) is -2.78. The fourth-order valence-corrected chi connectivity index (χ4v) is 0. The number of carbonyl (C=O) groups is 4. The number of aliphatic carboxylic acids is 4. The zero-order valence-corrected chi connectivity index (χ0v) is 22.2. The van der Waals surface area contributed by atoms with E-state index >= 15 is 0 Å². The van der Waals surface area contributed by atoms with Crippen molar-refractivity contribution in [3.63, 3.8) is 0 Å². The summed E-state index contributed by atoms with van der Waals surface area (Å²) in [6.07, 6.45) is 0. The minimum Gasteiger partial charge on any atom is -0.550 e. The number of carbonyl (C=O) groups excluding carboxylic acids is 4. The molecule has 0 fully saturated rings. The predicted molar refractivity (Wildman–Crippen MR) is 97.8 cm³/mol. The first-order valence-electron chi connectivity index (χ1n) is 8.63. The predicted octanol–water partition coefficient (Wildman–Crippen LogP) is -0.873. The molecule has 0 aliphatic carbocycles. The van der Waals surface area contributed by atoms with Gasteiger partial charge in [0.15, 0.2) is 0 Å². The van der Waals surface area contributed by atoms with Gasteiger partial charge in [0, 0.05) is 45.5 Å². The number of hydrogen-bond donors (Lipinski definition) is 0. The largest absolute Gasteiger partial charge is 4.00 e. The Bertz CT molecular complexity index is 417. The van der Waals surface area contributed by atoms with Gasteiger partial charge in [-0.1, -0.05) is 83.1 Å². The maximum atomic E-state index is 9.91. The van der Waals surface area contributed by atoms with Crippen molar-refractivity contribution in [2.24, 2.45) is 21.7 Å². The summed E-state index contributed by atoms with van der Waals surface area (Å²) in [7, 11) is 0. The van der Waals surface area contributed by atoms with Crippen molar-refractivity contribution in [1.29, 1.82) is 0 Å². The van der Waals surface area contributed by atoms with Crippen molar-refractivity contribution in [2.45, 2.75) is 83.1 Å². The molecule has 0 aromatic carbocycles. The molecule has 0 amide bonds. The molecule has 0 saturated carbocycles. The average molecular weight is 496 g/mol. The minimum absolute atomic E-state index is 0. The molecule has 0 heterocycles. The van der Waals surface area contributed by atoms with Gasteiger partial charge in [-0.15, -0.1) is 0 Å². The molecule has 0 atom stereocenters. The SMILES string of the molecule is CC(C)(C)C(=O)[O-].CC(C)(C)C(=O)[O-].CC(C)(C)C(=O)[O-].CC(C)(C)C(=O)[O-].[Zr+4]. The van der Waals surface area contributed by atoms with E-state index in [-0.39, 0.29) is 26.2 Å². The maximum Gasteiger partial charge on any atom is 4.00 e. The van der Waals surface area contributed by atoms with Gasteiger partial charge in [0.25, 0.3) is 0 Å². The van der Waals surface area contributed by atoms with Crippen molar-refractivity contribution in [1.82, 2.24) is 0 Å². The van der Waals surface area contributed by atoms with E-state index in [0.717, 1.165) is 0 Å². The van der Waals surface area contributed by atoms with Crippen LogP contribution in [0.15, 0.2) is 0 Å². The molecule has 0 N–H and O–H groups in total. The van der Waals surface area contributed by atoms with E-state index in [9.17, 15) is 39.6 Å². The standard InChI is InChI=1S/4C5H10O2.Zr/c4*1-5(2,3)4(6)7;/h4*1-3H3,(H,6,7);/q;;;;+4/p-4. The zero-order chi connectivity index (χ0) is 24.3. The van der Waals surface area contributed by atoms with Crippen LogP contribution in [-0.2, 0) is 45.4 Å². The fraction of sp³-hybridized carbons (Fsp3) is 0.800. The number of carboxylic acids is 4. The first-order valence-corrected chi connectivity index (χ1v) is 8.63. The Balaban J connectivity index is -0.0000000873. The van der Waals surface area contributed by atoms with Gasteiger partial charge in [0.2, 0.25) is 0 Å². The van der Waals surface area contributed by atoms with Gasteiger partial charge in [-0.2, -0.15) is 0 Å². The van der Waals surface area contributed by atoms with Crippen LogP contribution in [0.2, 0.25) is 0 Å².